The molecule has 0 aliphatic rings. The molecule has 3 aromatic rings. The smallest absolute Gasteiger partial charge is 0.253 e. The van der Waals surface area contributed by atoms with Crippen molar-refractivity contribution in [3.63, 3.8) is 0 Å². The van der Waals surface area contributed by atoms with Crippen molar-refractivity contribution in [3.8, 4) is 5.75 Å². The molecule has 96 valence electrons. The lowest BCUT2D eigenvalue weighted by Gasteiger charge is -1.96. The summed E-state index contributed by atoms with van der Waals surface area (Å²) in [5, 5.41) is 9.68. The second-order valence-electron chi connectivity index (χ2n) is 3.83. The van der Waals surface area contributed by atoms with Crippen molar-refractivity contribution < 1.29 is 5.11 Å². The highest BCUT2D eigenvalue weighted by molar-refractivity contribution is 8.00. The minimum absolute atomic E-state index is 0.0236. The molecule has 0 aliphatic carbocycles. The number of thiazole rings is 1. The number of pyridine rings is 2. The van der Waals surface area contributed by atoms with Crippen LogP contribution in [0.2, 0.25) is 0 Å². The molecule has 5 nitrogen and oxygen atoms in total. The molecular weight excluding hydrogens is 282 g/mol. The molecule has 3 rings (SSSR count). The number of nitrogens with zero attached hydrogens (tertiary/aromatic N) is 2. The summed E-state index contributed by atoms with van der Waals surface area (Å²) in [6.45, 7) is 0. The monoisotopic (exact) mass is 291 g/mol. The molecule has 0 aliphatic heterocycles. The molecule has 0 bridgehead atoms. The molecule has 0 spiro atoms. The zero-order valence-corrected chi connectivity index (χ0v) is 11.3. The normalized spacial score (nSPS) is 10.9. The van der Waals surface area contributed by atoms with E-state index in [1.165, 1.54) is 11.3 Å². The zero-order valence-electron chi connectivity index (χ0n) is 9.66. The van der Waals surface area contributed by atoms with Crippen molar-refractivity contribution in [3.05, 3.63) is 46.5 Å². The van der Waals surface area contributed by atoms with Crippen LogP contribution in [-0.4, -0.2) is 20.1 Å². The van der Waals surface area contributed by atoms with E-state index < -0.39 is 0 Å². The topological polar surface area (TPSA) is 78.9 Å². The highest BCUT2D eigenvalue weighted by Gasteiger charge is 2.09. The molecule has 0 radical (unpaired) electrons. The van der Waals surface area contributed by atoms with Gasteiger partial charge in [-0.05, 0) is 11.6 Å². The molecule has 0 amide bonds. The number of nitrogens with one attached hydrogen (secondary N) is 1. The first kappa shape index (κ1) is 12.2. The number of aromatic amines is 1. The second kappa shape index (κ2) is 5.02. The summed E-state index contributed by atoms with van der Waals surface area (Å²) in [6.07, 6.45) is 3.54. The van der Waals surface area contributed by atoms with Gasteiger partial charge in [-0.15, -0.1) is 11.3 Å². The lowest BCUT2D eigenvalue weighted by atomic mass is 10.3. The van der Waals surface area contributed by atoms with E-state index in [-0.39, 0.29) is 11.3 Å². The van der Waals surface area contributed by atoms with Gasteiger partial charge in [0.1, 0.15) is 10.4 Å². The van der Waals surface area contributed by atoms with Crippen LogP contribution in [0.3, 0.4) is 0 Å². The van der Waals surface area contributed by atoms with Crippen molar-refractivity contribution in [1.82, 2.24) is 15.0 Å². The lowest BCUT2D eigenvalue weighted by molar-refractivity contribution is 0.481. The average Bonchev–Trinajstić information content (AvgIpc) is 2.81. The summed E-state index contributed by atoms with van der Waals surface area (Å²) in [6, 6.07) is 5.04. The molecule has 3 heterocycles. The predicted octanol–water partition coefficient (Wildman–Crippen LogP) is 2.38. The summed E-state index contributed by atoms with van der Waals surface area (Å²) >= 11 is 2.91. The van der Waals surface area contributed by atoms with Gasteiger partial charge in [0.15, 0.2) is 9.99 Å². The van der Waals surface area contributed by atoms with Crippen molar-refractivity contribution in [2.24, 2.45) is 0 Å². The second-order valence-corrected chi connectivity index (χ2v) is 6.05. The minimum Gasteiger partial charge on any atom is -0.506 e. The van der Waals surface area contributed by atoms with E-state index in [0.29, 0.717) is 10.3 Å². The van der Waals surface area contributed by atoms with Gasteiger partial charge in [-0.3, -0.25) is 9.78 Å². The molecule has 0 saturated carbocycles. The number of fused-ring (bicyclic) bond motifs is 1. The number of aromatic hydroxyl groups is 1. The van der Waals surface area contributed by atoms with Crippen molar-refractivity contribution in [2.45, 2.75) is 10.1 Å². The van der Waals surface area contributed by atoms with Crippen molar-refractivity contribution >= 4 is 33.4 Å². The van der Waals surface area contributed by atoms with E-state index in [1.807, 2.05) is 12.1 Å². The average molecular weight is 291 g/mol. The molecule has 0 unspecified atom stereocenters. The number of hydrogen-bond donors (Lipinski definition) is 2. The Bertz CT molecular complexity index is 767. The molecule has 19 heavy (non-hydrogen) atoms. The van der Waals surface area contributed by atoms with Gasteiger partial charge in [0.05, 0.1) is 0 Å². The van der Waals surface area contributed by atoms with Crippen LogP contribution >= 0.6 is 23.1 Å². The van der Waals surface area contributed by atoms with Gasteiger partial charge in [0, 0.05) is 24.2 Å². The number of H-pyrrole nitrogens is 1. The van der Waals surface area contributed by atoms with Gasteiger partial charge in [0.25, 0.3) is 5.56 Å². The molecule has 7 heteroatoms. The van der Waals surface area contributed by atoms with Gasteiger partial charge in [0.2, 0.25) is 0 Å². The first-order valence-corrected chi connectivity index (χ1v) is 7.27. The SMILES string of the molecule is O=c1cc(O)c2sc(SCc3cccnc3)nc2[nH]1. The Kier molecular flexibility index (Phi) is 3.22. The Hall–Kier alpha value is -1.86. The molecule has 3 aromatic heterocycles. The van der Waals surface area contributed by atoms with Crippen molar-refractivity contribution in [2.75, 3.05) is 0 Å². The van der Waals surface area contributed by atoms with Crippen LogP contribution in [0.1, 0.15) is 5.56 Å². The molecule has 0 atom stereocenters. The summed E-state index contributed by atoms with van der Waals surface area (Å²) in [7, 11) is 0. The molecular formula is C12H9N3O2S2. The fourth-order valence-corrected chi connectivity index (χ4v) is 3.54. The Morgan fingerprint density at radius 3 is 3.16 bits per heavy atom. The fourth-order valence-electron chi connectivity index (χ4n) is 1.59. The van der Waals surface area contributed by atoms with E-state index in [9.17, 15) is 9.90 Å². The van der Waals surface area contributed by atoms with E-state index >= 15 is 0 Å². The summed E-state index contributed by atoms with van der Waals surface area (Å²) in [5.41, 5.74) is 1.19. The quantitative estimate of drug-likeness (QED) is 0.724. The van der Waals surface area contributed by atoms with E-state index in [2.05, 4.69) is 15.0 Å². The van der Waals surface area contributed by atoms with Crippen LogP contribution in [0.25, 0.3) is 10.3 Å². The maximum atomic E-state index is 11.2. The third kappa shape index (κ3) is 2.61. The van der Waals surface area contributed by atoms with Gasteiger partial charge in [-0.1, -0.05) is 17.8 Å². The third-order valence-corrected chi connectivity index (χ3v) is 4.73. The van der Waals surface area contributed by atoms with Crippen LogP contribution in [0, 0.1) is 0 Å². The standard InChI is InChI=1S/C12H9N3O2S2/c16-8-4-9(17)14-11-10(8)19-12(15-11)18-6-7-2-1-3-13-5-7/h1-5H,6H2,(H2,14,16,17). The van der Waals surface area contributed by atoms with E-state index in [1.54, 1.807) is 24.2 Å². The van der Waals surface area contributed by atoms with Crippen LogP contribution in [0.5, 0.6) is 5.75 Å². The Morgan fingerprint density at radius 2 is 2.37 bits per heavy atom. The van der Waals surface area contributed by atoms with Gasteiger partial charge < -0.3 is 10.1 Å². The summed E-state index contributed by atoms with van der Waals surface area (Å²) in [5.74, 6) is 0.725. The lowest BCUT2D eigenvalue weighted by Crippen LogP contribution is -2.02. The van der Waals surface area contributed by atoms with Crippen LogP contribution in [0.15, 0.2) is 39.7 Å². The van der Waals surface area contributed by atoms with Gasteiger partial charge in [-0.25, -0.2) is 4.98 Å². The molecule has 2 N–H and O–H groups in total. The van der Waals surface area contributed by atoms with Crippen LogP contribution in [0.4, 0.5) is 0 Å². The zero-order chi connectivity index (χ0) is 13.2. The Morgan fingerprint density at radius 1 is 1.47 bits per heavy atom. The summed E-state index contributed by atoms with van der Waals surface area (Å²) < 4.78 is 1.41. The Balaban J connectivity index is 1.86. The maximum Gasteiger partial charge on any atom is 0.253 e. The number of hydrogen-bond acceptors (Lipinski definition) is 6. The highest BCUT2D eigenvalue weighted by atomic mass is 32.2. The molecule has 0 aromatic carbocycles. The van der Waals surface area contributed by atoms with Crippen LogP contribution < -0.4 is 5.56 Å². The number of thioether (sulfide) groups is 1. The van der Waals surface area contributed by atoms with Gasteiger partial charge in [-0.2, -0.15) is 0 Å². The van der Waals surface area contributed by atoms with Crippen LogP contribution in [-0.2, 0) is 5.75 Å². The maximum absolute atomic E-state index is 11.2. The first-order valence-electron chi connectivity index (χ1n) is 5.47. The number of aromatic nitrogens is 3. The van der Waals surface area contributed by atoms with Crippen molar-refractivity contribution in [1.29, 1.82) is 0 Å². The Labute approximate surface area is 116 Å². The van der Waals surface area contributed by atoms with Gasteiger partial charge >= 0.3 is 0 Å². The molecule has 0 saturated heterocycles. The number of rotatable bonds is 3. The molecule has 0 fully saturated rings. The fraction of sp³-hybridized carbons (Fsp3) is 0.0833. The first-order chi connectivity index (χ1) is 9.22. The van der Waals surface area contributed by atoms with E-state index in [4.69, 9.17) is 0 Å². The van der Waals surface area contributed by atoms with E-state index in [0.717, 1.165) is 21.7 Å². The third-order valence-electron chi connectivity index (χ3n) is 2.43. The predicted molar refractivity (Wildman–Crippen MR) is 75.7 cm³/mol. The summed E-state index contributed by atoms with van der Waals surface area (Å²) in [4.78, 5) is 22.2. The highest BCUT2D eigenvalue weighted by Crippen LogP contribution is 2.34. The largest absolute Gasteiger partial charge is 0.506 e. The minimum atomic E-state index is -0.348.